The number of likely N-dealkylation sites (tertiary alicyclic amines) is 2. The lowest BCUT2D eigenvalue weighted by Gasteiger charge is -2.54. The molecule has 12 heteroatoms. The number of carbonyl (C=O) groups is 1. The van der Waals surface area contributed by atoms with E-state index in [1.54, 1.807) is 12.3 Å². The van der Waals surface area contributed by atoms with Crippen LogP contribution in [0.4, 0.5) is 19.0 Å². The number of hydrogen-bond acceptors (Lipinski definition) is 7. The lowest BCUT2D eigenvalue weighted by Crippen LogP contribution is -2.62. The maximum absolute atomic E-state index is 13.9. The molecule has 7 rings (SSSR count). The predicted octanol–water partition coefficient (Wildman–Crippen LogP) is 4.84. The zero-order valence-electron chi connectivity index (χ0n) is 28.9. The van der Waals surface area contributed by atoms with E-state index >= 15 is 0 Å². The minimum Gasteiger partial charge on any atom is -0.486 e. The van der Waals surface area contributed by atoms with E-state index in [9.17, 15) is 18.0 Å². The number of amides is 1. The van der Waals surface area contributed by atoms with Gasteiger partial charge in [0.1, 0.15) is 22.8 Å². The third kappa shape index (κ3) is 6.22. The van der Waals surface area contributed by atoms with Gasteiger partial charge in [-0.1, -0.05) is 32.2 Å². The summed E-state index contributed by atoms with van der Waals surface area (Å²) in [5, 5.41) is 9.22. The Morgan fingerprint density at radius 1 is 1.12 bits per heavy atom. The fourth-order valence-corrected chi connectivity index (χ4v) is 8.23. The fraction of sp³-hybridized carbons (Fsp3) is 0.474. The van der Waals surface area contributed by atoms with Crippen LogP contribution >= 0.6 is 0 Å². The van der Waals surface area contributed by atoms with Crippen molar-refractivity contribution in [2.24, 2.45) is 11.3 Å². The van der Waals surface area contributed by atoms with Crippen LogP contribution in [0.3, 0.4) is 0 Å². The molecule has 9 nitrogen and oxygen atoms in total. The van der Waals surface area contributed by atoms with Gasteiger partial charge >= 0.3 is 6.18 Å². The molecule has 1 amide bonds. The molecule has 0 radical (unpaired) electrons. The number of rotatable bonds is 7. The Kier molecular flexibility index (Phi) is 8.86. The number of aromatic nitrogens is 4. The van der Waals surface area contributed by atoms with Gasteiger partial charge in [0, 0.05) is 54.0 Å². The molecule has 2 aromatic heterocycles. The van der Waals surface area contributed by atoms with Crippen molar-refractivity contribution in [2.45, 2.75) is 51.6 Å². The zero-order chi connectivity index (χ0) is 35.4. The van der Waals surface area contributed by atoms with Crippen molar-refractivity contribution < 1.29 is 22.7 Å². The van der Waals surface area contributed by atoms with Crippen LogP contribution in [-0.4, -0.2) is 95.0 Å². The van der Waals surface area contributed by atoms with Gasteiger partial charge in [-0.3, -0.25) is 9.89 Å². The van der Waals surface area contributed by atoms with Gasteiger partial charge in [-0.15, -0.1) is 0 Å². The summed E-state index contributed by atoms with van der Waals surface area (Å²) in [6, 6.07) is 3.94. The van der Waals surface area contributed by atoms with Gasteiger partial charge in [-0.05, 0) is 93.2 Å². The van der Waals surface area contributed by atoms with E-state index < -0.39 is 18.7 Å². The first-order chi connectivity index (χ1) is 23.9. The summed E-state index contributed by atoms with van der Waals surface area (Å²) in [5.74, 6) is 0.924. The molecule has 1 atom stereocenters. The second-order valence-electron chi connectivity index (χ2n) is 14.4. The van der Waals surface area contributed by atoms with Crippen LogP contribution in [0.1, 0.15) is 55.5 Å². The van der Waals surface area contributed by atoms with Gasteiger partial charge in [-0.2, -0.15) is 18.3 Å². The molecule has 5 heterocycles. The van der Waals surface area contributed by atoms with Crippen molar-refractivity contribution in [3.05, 3.63) is 76.7 Å². The highest BCUT2D eigenvalue weighted by Gasteiger charge is 2.46. The van der Waals surface area contributed by atoms with Crippen molar-refractivity contribution in [3.8, 4) is 0 Å². The molecule has 50 heavy (non-hydrogen) atoms. The highest BCUT2D eigenvalue weighted by Crippen LogP contribution is 2.42. The van der Waals surface area contributed by atoms with Crippen LogP contribution in [0.5, 0.6) is 0 Å². The molecule has 3 aromatic rings. The topological polar surface area (TPSA) is 90.5 Å². The summed E-state index contributed by atoms with van der Waals surface area (Å²) in [7, 11) is 2.09. The molecule has 1 unspecified atom stereocenters. The zero-order valence-corrected chi connectivity index (χ0v) is 28.9. The van der Waals surface area contributed by atoms with Crippen LogP contribution < -0.4 is 15.5 Å². The first kappa shape index (κ1) is 34.0. The highest BCUT2D eigenvalue weighted by molar-refractivity contribution is 5.98. The van der Waals surface area contributed by atoms with Crippen molar-refractivity contribution in [2.75, 3.05) is 57.8 Å². The summed E-state index contributed by atoms with van der Waals surface area (Å²) in [6.07, 6.45) is 5.76. The smallest absolute Gasteiger partial charge is 0.422 e. The summed E-state index contributed by atoms with van der Waals surface area (Å²) in [6.45, 7) is 14.8. The first-order valence-electron chi connectivity index (χ1n) is 17.4. The number of hydrogen-bond donors (Lipinski definition) is 1. The monoisotopic (exact) mass is 687 g/mol. The number of nitrogens with zero attached hydrogens (tertiary/aromatic N) is 6. The fourth-order valence-electron chi connectivity index (χ4n) is 8.23. The third-order valence-corrected chi connectivity index (χ3v) is 11.1. The largest absolute Gasteiger partial charge is 0.486 e. The van der Waals surface area contributed by atoms with Crippen molar-refractivity contribution in [3.63, 3.8) is 0 Å². The average Bonchev–Trinajstić information content (AvgIpc) is 3.52. The van der Waals surface area contributed by atoms with Crippen LogP contribution in [-0.2, 0) is 9.53 Å². The maximum Gasteiger partial charge on any atom is 0.422 e. The highest BCUT2D eigenvalue weighted by atomic mass is 19.4. The molecule has 1 N–H and O–H groups in total. The van der Waals surface area contributed by atoms with Crippen LogP contribution in [0.25, 0.3) is 28.3 Å². The van der Waals surface area contributed by atoms with Crippen LogP contribution in [0.15, 0.2) is 49.2 Å². The van der Waals surface area contributed by atoms with Crippen LogP contribution in [0.2, 0.25) is 0 Å². The molecule has 1 spiro atoms. The van der Waals surface area contributed by atoms with E-state index in [0.717, 1.165) is 71.9 Å². The number of ether oxygens (including phenoxy) is 1. The van der Waals surface area contributed by atoms with E-state index in [1.165, 1.54) is 6.08 Å². The number of aryl methyl sites for hydroxylation is 1. The molecule has 264 valence electrons. The Hall–Kier alpha value is -4.45. The minimum absolute atomic E-state index is 0.0431. The average molecular weight is 688 g/mol. The normalized spacial score (nSPS) is 21.5. The first-order valence-corrected chi connectivity index (χ1v) is 17.4. The number of benzene rings is 1. The van der Waals surface area contributed by atoms with Gasteiger partial charge in [0.15, 0.2) is 6.61 Å². The Bertz CT molecular complexity index is 1990. The maximum atomic E-state index is 13.9. The molecule has 1 aliphatic carbocycles. The standard InChI is InChI=1S/C38H44F3N7O2/c1-6-25-18-27-33(34(50-22-38(39,40)41)24(4)32(25)31-23(3)8-9-29-28(31)19-42-45-29)43-35(26-10-14-46(5)15-11-26)44-36(27)47-16-12-37(13-17-47)20-48(21-37)30(49)7-2/h6-9,18-19,24,26H,1-2,10-17,20-22H2,3-5H3,(H,42,45). The van der Waals surface area contributed by atoms with Gasteiger partial charge in [-0.25, -0.2) is 9.97 Å². The van der Waals surface area contributed by atoms with E-state index in [0.29, 0.717) is 48.4 Å². The number of aromatic amines is 1. The second-order valence-corrected chi connectivity index (χ2v) is 14.4. The minimum atomic E-state index is -4.55. The Morgan fingerprint density at radius 2 is 1.84 bits per heavy atom. The molecule has 3 saturated heterocycles. The number of allylic oxidation sites excluding steroid dienone is 2. The van der Waals surface area contributed by atoms with Gasteiger partial charge in [0.2, 0.25) is 5.91 Å². The quantitative estimate of drug-likeness (QED) is 0.356. The predicted molar refractivity (Wildman–Crippen MR) is 188 cm³/mol. The number of alkyl halides is 3. The summed E-state index contributed by atoms with van der Waals surface area (Å²) in [5.41, 5.74) is 4.27. The Balaban J connectivity index is 1.42. The number of halogens is 3. The molecule has 1 aromatic carbocycles. The third-order valence-electron chi connectivity index (χ3n) is 11.1. The Labute approximate surface area is 289 Å². The van der Waals surface area contributed by atoms with Gasteiger partial charge in [0.05, 0.1) is 11.7 Å². The number of carbonyl (C=O) groups excluding carboxylic acids is 1. The lowest BCUT2D eigenvalue weighted by molar-refractivity contribution is -0.159. The molecule has 0 bridgehead atoms. The van der Waals surface area contributed by atoms with Crippen LogP contribution in [0, 0.1) is 18.3 Å². The van der Waals surface area contributed by atoms with Crippen molar-refractivity contribution >= 4 is 40.0 Å². The number of nitrogens with one attached hydrogen (secondary N) is 1. The number of fused-ring (bicyclic) bond motifs is 2. The summed E-state index contributed by atoms with van der Waals surface area (Å²) < 4.78 is 47.7. The summed E-state index contributed by atoms with van der Waals surface area (Å²) >= 11 is 0. The van der Waals surface area contributed by atoms with E-state index in [4.69, 9.17) is 14.7 Å². The molecule has 3 aliphatic heterocycles. The SMILES string of the molecule is C=CC(=O)N1CC2(CCN(c3nc(C4CCN(C)CC4)nc4c3=CC(C=C)=C(c3c(C)ccc5[nH]ncc35)C(C)C=4OCC(F)(F)F)CC2)C1. The number of anilines is 1. The lowest BCUT2D eigenvalue weighted by atomic mass is 9.72. The van der Waals surface area contributed by atoms with E-state index in [1.807, 2.05) is 37.0 Å². The van der Waals surface area contributed by atoms with Gasteiger partial charge < -0.3 is 19.4 Å². The number of piperidine rings is 2. The molecule has 0 saturated carbocycles. The van der Waals surface area contributed by atoms with E-state index in [-0.39, 0.29) is 23.0 Å². The summed E-state index contributed by atoms with van der Waals surface area (Å²) in [4.78, 5) is 29.0. The molecule has 4 aliphatic rings. The molecule has 3 fully saturated rings. The second kappa shape index (κ2) is 13.0. The molecular formula is C38H44F3N7O2. The Morgan fingerprint density at radius 3 is 2.50 bits per heavy atom. The number of H-pyrrole nitrogens is 1. The molecular weight excluding hydrogens is 643 g/mol. The van der Waals surface area contributed by atoms with E-state index in [2.05, 4.69) is 40.2 Å². The van der Waals surface area contributed by atoms with Crippen molar-refractivity contribution in [1.82, 2.24) is 30.0 Å². The van der Waals surface area contributed by atoms with Crippen molar-refractivity contribution in [1.29, 1.82) is 0 Å². The van der Waals surface area contributed by atoms with Gasteiger partial charge in [0.25, 0.3) is 0 Å².